The molecule has 0 unspecified atom stereocenters. The summed E-state index contributed by atoms with van der Waals surface area (Å²) in [4.78, 5) is 11.5. The largest absolute Gasteiger partial charge is 0.465 e. The van der Waals surface area contributed by atoms with E-state index < -0.39 is 16.0 Å². The van der Waals surface area contributed by atoms with Gasteiger partial charge in [0.1, 0.15) is 0 Å². The van der Waals surface area contributed by atoms with Crippen LogP contribution in [0.4, 0.5) is 0 Å². The van der Waals surface area contributed by atoms with Crippen molar-refractivity contribution in [3.05, 3.63) is 29.8 Å². The van der Waals surface area contributed by atoms with Crippen LogP contribution in [-0.2, 0) is 14.8 Å². The number of sulfonamides is 1. The molecule has 0 aromatic heterocycles. The van der Waals surface area contributed by atoms with Gasteiger partial charge >= 0.3 is 5.97 Å². The Labute approximate surface area is 131 Å². The molecule has 1 aromatic rings. The Bertz CT molecular complexity index is 563. The van der Waals surface area contributed by atoms with Crippen molar-refractivity contribution in [3.63, 3.8) is 0 Å². The summed E-state index contributed by atoms with van der Waals surface area (Å²) < 4.78 is 31.5. The molecule has 0 fully saturated rings. The summed E-state index contributed by atoms with van der Waals surface area (Å²) in [5, 5.41) is 3.10. The molecule has 6 nitrogen and oxygen atoms in total. The summed E-state index contributed by atoms with van der Waals surface area (Å²) in [6.45, 7) is 4.81. The van der Waals surface area contributed by atoms with Crippen molar-refractivity contribution < 1.29 is 17.9 Å². The minimum Gasteiger partial charge on any atom is -0.465 e. The van der Waals surface area contributed by atoms with Gasteiger partial charge in [-0.25, -0.2) is 17.9 Å². The number of ether oxygens (including phenoxy) is 1. The van der Waals surface area contributed by atoms with E-state index in [9.17, 15) is 13.2 Å². The summed E-state index contributed by atoms with van der Waals surface area (Å²) in [7, 11) is -2.54. The Kier molecular flexibility index (Phi) is 8.50. The van der Waals surface area contributed by atoms with Gasteiger partial charge < -0.3 is 10.1 Å². The topological polar surface area (TPSA) is 84.5 Å². The lowest BCUT2D eigenvalue weighted by Crippen LogP contribution is -2.39. The fourth-order valence-electron chi connectivity index (χ4n) is 1.71. The van der Waals surface area contributed by atoms with Crippen LogP contribution in [0.2, 0.25) is 0 Å². The minimum absolute atomic E-state index is 0. The molecule has 0 spiro atoms. The molecule has 0 aliphatic heterocycles. The maximum atomic E-state index is 12.2. The van der Waals surface area contributed by atoms with E-state index in [1.54, 1.807) is 12.1 Å². The molecule has 0 amide bonds. The van der Waals surface area contributed by atoms with E-state index in [4.69, 9.17) is 0 Å². The maximum Gasteiger partial charge on any atom is 0.339 e. The van der Waals surface area contributed by atoms with Gasteiger partial charge in [0.25, 0.3) is 0 Å². The van der Waals surface area contributed by atoms with Gasteiger partial charge in [-0.05, 0) is 25.6 Å². The highest BCUT2D eigenvalue weighted by molar-refractivity contribution is 7.89. The van der Waals surface area contributed by atoms with E-state index in [2.05, 4.69) is 14.8 Å². The number of rotatable bonds is 7. The normalized spacial score (nSPS) is 12.3. The standard InChI is InChI=1S/C13H20N2O4S.ClH/c1-4-14-10(2)9-15-20(17,18)12-8-6-5-7-11(12)13(16)19-3;/h5-8,10,14-15H,4,9H2,1-3H3;1H/t10-;/m1./s1. The smallest absolute Gasteiger partial charge is 0.339 e. The van der Waals surface area contributed by atoms with Crippen molar-refractivity contribution in [3.8, 4) is 0 Å². The first-order valence-corrected chi connectivity index (χ1v) is 7.81. The van der Waals surface area contributed by atoms with Crippen LogP contribution in [0.15, 0.2) is 29.2 Å². The molecule has 0 heterocycles. The zero-order valence-corrected chi connectivity index (χ0v) is 13.9. The lowest BCUT2D eigenvalue weighted by Gasteiger charge is -2.14. The molecule has 0 bridgehead atoms. The van der Waals surface area contributed by atoms with E-state index in [1.165, 1.54) is 19.2 Å². The van der Waals surface area contributed by atoms with Gasteiger partial charge in [0.05, 0.1) is 17.6 Å². The highest BCUT2D eigenvalue weighted by Crippen LogP contribution is 2.16. The second kappa shape index (κ2) is 8.99. The first-order chi connectivity index (χ1) is 9.42. The molecule has 0 aliphatic carbocycles. The van der Waals surface area contributed by atoms with Gasteiger partial charge in [0.2, 0.25) is 10.0 Å². The summed E-state index contributed by atoms with van der Waals surface area (Å²) in [5.41, 5.74) is 0.0265. The van der Waals surface area contributed by atoms with E-state index in [1.807, 2.05) is 13.8 Å². The maximum absolute atomic E-state index is 12.2. The molecule has 0 radical (unpaired) electrons. The van der Waals surface area contributed by atoms with E-state index in [0.29, 0.717) is 0 Å². The minimum atomic E-state index is -3.75. The van der Waals surface area contributed by atoms with Crippen LogP contribution < -0.4 is 10.0 Å². The third kappa shape index (κ3) is 5.62. The zero-order chi connectivity index (χ0) is 15.2. The van der Waals surface area contributed by atoms with Gasteiger partial charge in [0.15, 0.2) is 0 Å². The number of likely N-dealkylation sites (N-methyl/N-ethyl adjacent to an activating group) is 1. The number of methoxy groups -OCH3 is 1. The first kappa shape index (κ1) is 19.9. The van der Waals surface area contributed by atoms with Crippen LogP contribution in [-0.4, -0.2) is 40.6 Å². The van der Waals surface area contributed by atoms with Crippen LogP contribution in [0.1, 0.15) is 24.2 Å². The second-order valence-electron chi connectivity index (χ2n) is 4.30. The van der Waals surface area contributed by atoms with E-state index in [0.717, 1.165) is 6.54 Å². The SMILES string of the molecule is CCN[C@H](C)CNS(=O)(=O)c1ccccc1C(=O)OC.Cl. The summed E-state index contributed by atoms with van der Waals surface area (Å²) in [5.74, 6) is -0.675. The number of halogens is 1. The second-order valence-corrected chi connectivity index (χ2v) is 6.03. The highest BCUT2D eigenvalue weighted by Gasteiger charge is 2.22. The van der Waals surface area contributed by atoms with Crippen LogP contribution in [0.5, 0.6) is 0 Å². The Morgan fingerprint density at radius 1 is 1.33 bits per heavy atom. The Morgan fingerprint density at radius 2 is 1.95 bits per heavy atom. The molecule has 2 N–H and O–H groups in total. The Balaban J connectivity index is 0.00000400. The van der Waals surface area contributed by atoms with Crippen molar-refractivity contribution >= 4 is 28.4 Å². The average Bonchev–Trinajstić information content (AvgIpc) is 2.45. The molecular weight excluding hydrogens is 316 g/mol. The third-order valence-corrected chi connectivity index (χ3v) is 4.20. The van der Waals surface area contributed by atoms with E-state index >= 15 is 0 Å². The molecule has 1 atom stereocenters. The number of benzene rings is 1. The number of carbonyl (C=O) groups is 1. The molecule has 21 heavy (non-hydrogen) atoms. The monoisotopic (exact) mass is 336 g/mol. The average molecular weight is 337 g/mol. The quantitative estimate of drug-likeness (QED) is 0.730. The first-order valence-electron chi connectivity index (χ1n) is 6.32. The number of nitrogens with one attached hydrogen (secondary N) is 2. The van der Waals surface area contributed by atoms with Crippen LogP contribution in [0.3, 0.4) is 0 Å². The van der Waals surface area contributed by atoms with Gasteiger partial charge in [-0.1, -0.05) is 19.1 Å². The van der Waals surface area contributed by atoms with Crippen molar-refractivity contribution in [2.45, 2.75) is 24.8 Å². The molecule has 1 rings (SSSR count). The molecule has 1 aromatic carbocycles. The zero-order valence-electron chi connectivity index (χ0n) is 12.3. The molecule has 0 saturated heterocycles. The fraction of sp³-hybridized carbons (Fsp3) is 0.462. The Morgan fingerprint density at radius 3 is 2.52 bits per heavy atom. The molecule has 120 valence electrons. The van der Waals surface area contributed by atoms with E-state index in [-0.39, 0.29) is 35.5 Å². The molecule has 0 aliphatic rings. The summed E-state index contributed by atoms with van der Waals surface area (Å²) in [6.07, 6.45) is 0. The molecular formula is C13H21ClN2O4S. The van der Waals surface area contributed by atoms with Gasteiger partial charge in [-0.15, -0.1) is 12.4 Å². The van der Waals surface area contributed by atoms with Crippen LogP contribution >= 0.6 is 12.4 Å². The highest BCUT2D eigenvalue weighted by atomic mass is 35.5. The predicted molar refractivity (Wildman–Crippen MR) is 83.4 cm³/mol. The van der Waals surface area contributed by atoms with Gasteiger partial charge in [0, 0.05) is 12.6 Å². The lowest BCUT2D eigenvalue weighted by atomic mass is 10.2. The summed E-state index contributed by atoms with van der Waals surface area (Å²) in [6, 6.07) is 5.96. The predicted octanol–water partition coefficient (Wildman–Crippen LogP) is 1.17. The number of hydrogen-bond donors (Lipinski definition) is 2. The van der Waals surface area contributed by atoms with Crippen molar-refractivity contribution in [1.29, 1.82) is 0 Å². The number of esters is 1. The molecule has 0 saturated carbocycles. The van der Waals surface area contributed by atoms with Crippen LogP contribution in [0.25, 0.3) is 0 Å². The fourth-order valence-corrected chi connectivity index (χ4v) is 3.04. The van der Waals surface area contributed by atoms with Crippen molar-refractivity contribution in [2.24, 2.45) is 0 Å². The number of hydrogen-bond acceptors (Lipinski definition) is 5. The van der Waals surface area contributed by atoms with Crippen LogP contribution in [0, 0.1) is 0 Å². The van der Waals surface area contributed by atoms with Gasteiger partial charge in [-0.3, -0.25) is 0 Å². The lowest BCUT2D eigenvalue weighted by molar-refractivity contribution is 0.0596. The Hall–Kier alpha value is -1.15. The molecule has 8 heteroatoms. The summed E-state index contributed by atoms with van der Waals surface area (Å²) >= 11 is 0. The van der Waals surface area contributed by atoms with Gasteiger partial charge in [-0.2, -0.15) is 0 Å². The van der Waals surface area contributed by atoms with Crippen molar-refractivity contribution in [2.75, 3.05) is 20.2 Å². The van der Waals surface area contributed by atoms with Crippen molar-refractivity contribution in [1.82, 2.24) is 10.0 Å². The third-order valence-electron chi connectivity index (χ3n) is 2.71. The number of carbonyl (C=O) groups excluding carboxylic acids is 1.